The fourth-order valence-corrected chi connectivity index (χ4v) is 2.28. The molecule has 1 saturated heterocycles. The maximum Gasteiger partial charge on any atom is 0.321 e. The predicted octanol–water partition coefficient (Wildman–Crippen LogP) is 1.79. The summed E-state index contributed by atoms with van der Waals surface area (Å²) in [6, 6.07) is 3.66. The smallest absolute Gasteiger partial charge is 0.321 e. The van der Waals surface area contributed by atoms with E-state index in [-0.39, 0.29) is 24.6 Å². The number of hydrogen-bond acceptors (Lipinski definition) is 4. The molecular weight excluding hydrogens is 307 g/mol. The van der Waals surface area contributed by atoms with Crippen molar-refractivity contribution in [1.29, 1.82) is 0 Å². The van der Waals surface area contributed by atoms with Gasteiger partial charge in [-0.05, 0) is 18.6 Å². The number of carbonyl (C=O) groups is 2. The number of urea groups is 1. The van der Waals surface area contributed by atoms with Crippen LogP contribution in [-0.4, -0.2) is 55.4 Å². The van der Waals surface area contributed by atoms with E-state index in [2.05, 4.69) is 5.32 Å². The van der Waals surface area contributed by atoms with Crippen molar-refractivity contribution < 1.29 is 28.6 Å². The van der Waals surface area contributed by atoms with Gasteiger partial charge in [-0.25, -0.2) is 9.18 Å². The molecule has 0 aliphatic carbocycles. The van der Waals surface area contributed by atoms with Crippen molar-refractivity contribution in [2.75, 3.05) is 38.7 Å². The molecule has 2 rings (SSSR count). The molecule has 1 aliphatic rings. The zero-order valence-electron chi connectivity index (χ0n) is 12.8. The van der Waals surface area contributed by atoms with Crippen LogP contribution in [0, 0.1) is 11.7 Å². The Bertz CT molecular complexity index is 581. The summed E-state index contributed by atoms with van der Waals surface area (Å²) in [5.41, 5.74) is 0.283. The molecule has 0 saturated carbocycles. The first-order valence-electron chi connectivity index (χ1n) is 7.21. The second-order valence-electron chi connectivity index (χ2n) is 5.19. The molecule has 1 fully saturated rings. The summed E-state index contributed by atoms with van der Waals surface area (Å²) in [5.74, 6) is -1.98. The predicted molar refractivity (Wildman–Crippen MR) is 80.1 cm³/mol. The first-order chi connectivity index (χ1) is 11.0. The minimum absolute atomic E-state index is 0.0761. The second-order valence-corrected chi connectivity index (χ2v) is 5.19. The van der Waals surface area contributed by atoms with Gasteiger partial charge in [-0.3, -0.25) is 4.79 Å². The molecule has 1 aliphatic heterocycles. The molecule has 0 bridgehead atoms. The van der Waals surface area contributed by atoms with Crippen molar-refractivity contribution >= 4 is 17.7 Å². The Labute approximate surface area is 133 Å². The summed E-state index contributed by atoms with van der Waals surface area (Å²) < 4.78 is 23.9. The number of carbonyl (C=O) groups excluding carboxylic acids is 1. The number of anilines is 1. The monoisotopic (exact) mass is 326 g/mol. The van der Waals surface area contributed by atoms with Crippen LogP contribution < -0.4 is 10.1 Å². The molecule has 0 spiro atoms. The van der Waals surface area contributed by atoms with Gasteiger partial charge in [0.15, 0.2) is 11.6 Å². The van der Waals surface area contributed by atoms with Crippen molar-refractivity contribution in [2.45, 2.75) is 6.42 Å². The zero-order chi connectivity index (χ0) is 16.8. The summed E-state index contributed by atoms with van der Waals surface area (Å²) in [6.07, 6.45) is 0.420. The number of hydrogen-bond donors (Lipinski definition) is 2. The lowest BCUT2D eigenvalue weighted by Gasteiger charge is -2.17. The maximum atomic E-state index is 13.9. The number of amides is 2. The molecule has 23 heavy (non-hydrogen) atoms. The highest BCUT2D eigenvalue weighted by Gasteiger charge is 2.30. The van der Waals surface area contributed by atoms with Crippen molar-refractivity contribution in [2.24, 2.45) is 5.92 Å². The van der Waals surface area contributed by atoms with Crippen molar-refractivity contribution in [3.05, 3.63) is 24.0 Å². The molecule has 0 aromatic heterocycles. The summed E-state index contributed by atoms with van der Waals surface area (Å²) in [4.78, 5) is 24.3. The SMILES string of the molecule is COCCOc1ccc(NC(=O)N2CCC(C(=O)O)C2)cc1F. The van der Waals surface area contributed by atoms with E-state index in [4.69, 9.17) is 14.6 Å². The van der Waals surface area contributed by atoms with Crippen LogP contribution in [0.25, 0.3) is 0 Å². The molecule has 0 radical (unpaired) electrons. The highest BCUT2D eigenvalue weighted by atomic mass is 19.1. The standard InChI is InChI=1S/C15H19FN2O5/c1-22-6-7-23-13-3-2-11(8-12(13)16)17-15(21)18-5-4-10(9-18)14(19)20/h2-3,8,10H,4-7,9H2,1H3,(H,17,21)(H,19,20). The van der Waals surface area contributed by atoms with Gasteiger partial charge in [0.1, 0.15) is 6.61 Å². The number of likely N-dealkylation sites (tertiary alicyclic amines) is 1. The first-order valence-corrected chi connectivity index (χ1v) is 7.21. The van der Waals surface area contributed by atoms with Crippen molar-refractivity contribution in [3.8, 4) is 5.75 Å². The van der Waals surface area contributed by atoms with E-state index < -0.39 is 23.7 Å². The summed E-state index contributed by atoms with van der Waals surface area (Å²) in [6.45, 7) is 1.09. The van der Waals surface area contributed by atoms with Gasteiger partial charge in [0, 0.05) is 32.0 Å². The van der Waals surface area contributed by atoms with E-state index in [0.29, 0.717) is 19.6 Å². The largest absolute Gasteiger partial charge is 0.488 e. The van der Waals surface area contributed by atoms with Crippen LogP contribution in [0.2, 0.25) is 0 Å². The summed E-state index contributed by atoms with van der Waals surface area (Å²) >= 11 is 0. The van der Waals surface area contributed by atoms with Gasteiger partial charge in [-0.1, -0.05) is 0 Å². The normalized spacial score (nSPS) is 17.1. The number of ether oxygens (including phenoxy) is 2. The summed E-state index contributed by atoms with van der Waals surface area (Å²) in [7, 11) is 1.52. The Hall–Kier alpha value is -2.35. The fraction of sp³-hybridized carbons (Fsp3) is 0.467. The van der Waals surface area contributed by atoms with Crippen LogP contribution >= 0.6 is 0 Å². The number of halogens is 1. The highest BCUT2D eigenvalue weighted by Crippen LogP contribution is 2.22. The second kappa shape index (κ2) is 7.77. The number of rotatable bonds is 6. The van der Waals surface area contributed by atoms with Crippen LogP contribution in [-0.2, 0) is 9.53 Å². The van der Waals surface area contributed by atoms with Gasteiger partial charge < -0.3 is 24.8 Å². The first kappa shape index (κ1) is 17.0. The Morgan fingerprint density at radius 1 is 1.43 bits per heavy atom. The lowest BCUT2D eigenvalue weighted by Crippen LogP contribution is -2.33. The Morgan fingerprint density at radius 3 is 2.83 bits per heavy atom. The molecule has 7 nitrogen and oxygen atoms in total. The number of aliphatic carboxylic acids is 1. The third kappa shape index (κ3) is 4.56. The molecule has 1 unspecified atom stereocenters. The lowest BCUT2D eigenvalue weighted by atomic mass is 10.1. The number of carboxylic acids is 1. The lowest BCUT2D eigenvalue weighted by molar-refractivity contribution is -0.141. The van der Waals surface area contributed by atoms with Gasteiger partial charge >= 0.3 is 12.0 Å². The Morgan fingerprint density at radius 2 is 2.22 bits per heavy atom. The molecule has 1 aromatic rings. The van der Waals surface area contributed by atoms with Crippen molar-refractivity contribution in [3.63, 3.8) is 0 Å². The molecular formula is C15H19FN2O5. The van der Waals surface area contributed by atoms with E-state index in [9.17, 15) is 14.0 Å². The topological polar surface area (TPSA) is 88.1 Å². The highest BCUT2D eigenvalue weighted by molar-refractivity contribution is 5.90. The molecule has 1 atom stereocenters. The van der Waals surface area contributed by atoms with E-state index in [1.165, 1.54) is 24.1 Å². The minimum Gasteiger partial charge on any atom is -0.488 e. The van der Waals surface area contributed by atoms with Crippen molar-refractivity contribution in [1.82, 2.24) is 4.90 Å². The van der Waals surface area contributed by atoms with Gasteiger partial charge in [-0.15, -0.1) is 0 Å². The van der Waals surface area contributed by atoms with E-state index >= 15 is 0 Å². The average Bonchev–Trinajstić information content (AvgIpc) is 3.00. The Balaban J connectivity index is 1.91. The van der Waals surface area contributed by atoms with Gasteiger partial charge in [0.05, 0.1) is 12.5 Å². The number of nitrogens with zero attached hydrogens (tertiary/aromatic N) is 1. The third-order valence-electron chi connectivity index (χ3n) is 3.55. The zero-order valence-corrected chi connectivity index (χ0v) is 12.8. The maximum absolute atomic E-state index is 13.9. The van der Waals surface area contributed by atoms with Gasteiger partial charge in [0.2, 0.25) is 0 Å². The molecule has 126 valence electrons. The van der Waals surface area contributed by atoms with E-state index in [1.54, 1.807) is 0 Å². The molecule has 2 N–H and O–H groups in total. The van der Waals surface area contributed by atoms with Crippen LogP contribution in [0.1, 0.15) is 6.42 Å². The summed E-state index contributed by atoms with van der Waals surface area (Å²) in [5, 5.41) is 11.5. The number of carboxylic acid groups (broad SMARTS) is 1. The fourth-order valence-electron chi connectivity index (χ4n) is 2.28. The number of nitrogens with one attached hydrogen (secondary N) is 1. The Kier molecular flexibility index (Phi) is 5.75. The number of methoxy groups -OCH3 is 1. The van der Waals surface area contributed by atoms with Gasteiger partial charge in [0.25, 0.3) is 0 Å². The van der Waals surface area contributed by atoms with Gasteiger partial charge in [-0.2, -0.15) is 0 Å². The third-order valence-corrected chi connectivity index (χ3v) is 3.55. The molecule has 2 amide bonds. The average molecular weight is 326 g/mol. The number of benzene rings is 1. The quantitative estimate of drug-likeness (QED) is 0.778. The van der Waals surface area contributed by atoms with Crippen LogP contribution in [0.3, 0.4) is 0 Å². The van der Waals surface area contributed by atoms with Crippen LogP contribution in [0.5, 0.6) is 5.75 Å². The molecule has 8 heteroatoms. The van der Waals surface area contributed by atoms with E-state index in [0.717, 1.165) is 6.07 Å². The molecule has 1 aromatic carbocycles. The van der Waals surface area contributed by atoms with E-state index in [1.807, 2.05) is 0 Å². The minimum atomic E-state index is -0.913. The van der Waals surface area contributed by atoms with Crippen LogP contribution in [0.4, 0.5) is 14.9 Å². The molecule has 1 heterocycles. The van der Waals surface area contributed by atoms with Crippen LogP contribution in [0.15, 0.2) is 18.2 Å².